The summed E-state index contributed by atoms with van der Waals surface area (Å²) >= 11 is 0. The molecule has 0 fully saturated rings. The van der Waals surface area contributed by atoms with Gasteiger partial charge in [0.2, 0.25) is 5.95 Å². The molecule has 108 valence electrons. The molecule has 5 heteroatoms. The lowest BCUT2D eigenvalue weighted by molar-refractivity contribution is 0.926. The van der Waals surface area contributed by atoms with E-state index in [1.807, 2.05) is 65.7 Å². The van der Waals surface area contributed by atoms with Crippen molar-refractivity contribution in [2.75, 3.05) is 0 Å². The summed E-state index contributed by atoms with van der Waals surface area (Å²) in [7, 11) is 3.96. The number of benzene rings is 2. The van der Waals surface area contributed by atoms with E-state index in [0.29, 0.717) is 5.95 Å². The number of imidazole rings is 2. The third-order valence-corrected chi connectivity index (χ3v) is 3.88. The van der Waals surface area contributed by atoms with Gasteiger partial charge in [-0.1, -0.05) is 24.3 Å². The van der Waals surface area contributed by atoms with Crippen LogP contribution in [0.25, 0.3) is 22.1 Å². The molecule has 0 amide bonds. The third-order valence-electron chi connectivity index (χ3n) is 3.88. The van der Waals surface area contributed by atoms with E-state index in [2.05, 4.69) is 21.0 Å². The monoisotopic (exact) mass is 289 g/mol. The van der Waals surface area contributed by atoms with Crippen LogP contribution in [0, 0.1) is 0 Å². The topological polar surface area (TPSA) is 48.0 Å². The Morgan fingerprint density at radius 1 is 0.818 bits per heavy atom. The fraction of sp³-hybridized carbons (Fsp3) is 0.118. The van der Waals surface area contributed by atoms with Crippen LogP contribution < -0.4 is 0 Å². The fourth-order valence-corrected chi connectivity index (χ4v) is 2.64. The number of aryl methyl sites for hydroxylation is 2. The lowest BCUT2D eigenvalue weighted by atomic mass is 10.3. The van der Waals surface area contributed by atoms with Gasteiger partial charge in [0.05, 0.1) is 28.3 Å². The Bertz CT molecular complexity index is 924. The maximum absolute atomic E-state index is 4.59. The molecule has 5 nitrogen and oxygen atoms in total. The van der Waals surface area contributed by atoms with Gasteiger partial charge >= 0.3 is 0 Å². The smallest absolute Gasteiger partial charge is 0.230 e. The maximum atomic E-state index is 4.59. The zero-order chi connectivity index (χ0) is 15.1. The largest absolute Gasteiger partial charge is 0.326 e. The van der Waals surface area contributed by atoms with Crippen molar-refractivity contribution in [2.45, 2.75) is 0 Å². The van der Waals surface area contributed by atoms with Crippen LogP contribution in [-0.2, 0) is 14.1 Å². The van der Waals surface area contributed by atoms with E-state index in [1.165, 1.54) is 0 Å². The molecular weight excluding hydrogens is 274 g/mol. The van der Waals surface area contributed by atoms with Crippen LogP contribution in [0.3, 0.4) is 0 Å². The van der Waals surface area contributed by atoms with Crippen LogP contribution >= 0.6 is 0 Å². The first-order chi connectivity index (χ1) is 10.7. The summed E-state index contributed by atoms with van der Waals surface area (Å²) in [5.41, 5.74) is 4.08. The average molecular weight is 289 g/mol. The van der Waals surface area contributed by atoms with Gasteiger partial charge < -0.3 is 9.13 Å². The molecule has 2 aromatic carbocycles. The normalized spacial score (nSPS) is 11.9. The summed E-state index contributed by atoms with van der Waals surface area (Å²) in [6.07, 6.45) is 1.77. The Morgan fingerprint density at radius 3 is 2.05 bits per heavy atom. The highest BCUT2D eigenvalue weighted by Gasteiger charge is 2.07. The predicted octanol–water partition coefficient (Wildman–Crippen LogP) is 3.21. The van der Waals surface area contributed by atoms with Crippen molar-refractivity contribution in [1.29, 1.82) is 0 Å². The van der Waals surface area contributed by atoms with Crippen molar-refractivity contribution < 1.29 is 0 Å². The summed E-state index contributed by atoms with van der Waals surface area (Å²) in [5, 5.41) is 0. The Hall–Kier alpha value is -2.95. The number of fused-ring (bicyclic) bond motifs is 2. The predicted molar refractivity (Wildman–Crippen MR) is 88.7 cm³/mol. The molecule has 0 unspecified atom stereocenters. The summed E-state index contributed by atoms with van der Waals surface area (Å²) in [4.78, 5) is 13.6. The Kier molecular flexibility index (Phi) is 2.79. The molecule has 4 aromatic rings. The Labute approximate surface area is 127 Å². The van der Waals surface area contributed by atoms with Crippen molar-refractivity contribution >= 4 is 34.2 Å². The Balaban J connectivity index is 1.79. The van der Waals surface area contributed by atoms with Crippen molar-refractivity contribution in [3.8, 4) is 0 Å². The first-order valence-electron chi connectivity index (χ1n) is 7.11. The quantitative estimate of drug-likeness (QED) is 0.532. The van der Waals surface area contributed by atoms with E-state index in [1.54, 1.807) is 6.21 Å². The lowest BCUT2D eigenvalue weighted by Crippen LogP contribution is -1.96. The summed E-state index contributed by atoms with van der Waals surface area (Å²) in [5.74, 6) is 1.49. The van der Waals surface area contributed by atoms with Crippen LogP contribution in [0.1, 0.15) is 5.82 Å². The molecule has 0 spiro atoms. The van der Waals surface area contributed by atoms with Gasteiger partial charge in [-0.2, -0.15) is 0 Å². The molecular formula is C17H15N5. The van der Waals surface area contributed by atoms with Gasteiger partial charge in [0, 0.05) is 14.1 Å². The first kappa shape index (κ1) is 12.8. The minimum absolute atomic E-state index is 0.674. The molecule has 0 N–H and O–H groups in total. The summed E-state index contributed by atoms with van der Waals surface area (Å²) < 4.78 is 4.01. The number of rotatable bonds is 2. The van der Waals surface area contributed by atoms with E-state index >= 15 is 0 Å². The molecule has 2 heterocycles. The SMILES string of the molecule is Cn1c(/C=N/c2nc3ccccc3n2C)nc2ccccc21. The molecule has 22 heavy (non-hydrogen) atoms. The molecule has 0 saturated heterocycles. The van der Waals surface area contributed by atoms with Crippen molar-refractivity contribution in [1.82, 2.24) is 19.1 Å². The number of hydrogen-bond donors (Lipinski definition) is 0. The van der Waals surface area contributed by atoms with Gasteiger partial charge in [-0.3, -0.25) is 0 Å². The first-order valence-corrected chi connectivity index (χ1v) is 7.11. The second-order valence-corrected chi connectivity index (χ2v) is 5.24. The highest BCUT2D eigenvalue weighted by Crippen LogP contribution is 2.20. The highest BCUT2D eigenvalue weighted by atomic mass is 15.2. The van der Waals surface area contributed by atoms with Crippen LogP contribution in [0.4, 0.5) is 5.95 Å². The minimum atomic E-state index is 0.674. The molecule has 0 bridgehead atoms. The standard InChI is InChI=1S/C17H15N5/c1-21-14-9-5-3-7-12(14)19-16(21)11-18-17-20-13-8-4-6-10-15(13)22(17)2/h3-11H,1-2H3/b18-11+. The van der Waals surface area contributed by atoms with Crippen LogP contribution in [-0.4, -0.2) is 25.3 Å². The second-order valence-electron chi connectivity index (χ2n) is 5.24. The van der Waals surface area contributed by atoms with E-state index in [4.69, 9.17) is 0 Å². The minimum Gasteiger partial charge on any atom is -0.326 e. The highest BCUT2D eigenvalue weighted by molar-refractivity contribution is 5.86. The maximum Gasteiger partial charge on any atom is 0.230 e. The van der Waals surface area contributed by atoms with E-state index in [-0.39, 0.29) is 0 Å². The van der Waals surface area contributed by atoms with E-state index in [9.17, 15) is 0 Å². The average Bonchev–Trinajstić information content (AvgIpc) is 3.04. The zero-order valence-electron chi connectivity index (χ0n) is 12.4. The lowest BCUT2D eigenvalue weighted by Gasteiger charge is -1.97. The van der Waals surface area contributed by atoms with Crippen molar-refractivity contribution in [3.05, 3.63) is 54.4 Å². The number of hydrogen-bond acceptors (Lipinski definition) is 3. The van der Waals surface area contributed by atoms with Gasteiger partial charge in [0.1, 0.15) is 0 Å². The van der Waals surface area contributed by atoms with Crippen LogP contribution in [0.5, 0.6) is 0 Å². The second kappa shape index (κ2) is 4.80. The van der Waals surface area contributed by atoms with E-state index < -0.39 is 0 Å². The fourth-order valence-electron chi connectivity index (χ4n) is 2.64. The van der Waals surface area contributed by atoms with Gasteiger partial charge in [-0.15, -0.1) is 0 Å². The van der Waals surface area contributed by atoms with Gasteiger partial charge in [-0.25, -0.2) is 15.0 Å². The van der Waals surface area contributed by atoms with E-state index in [0.717, 1.165) is 27.9 Å². The molecule has 0 aliphatic heterocycles. The number of aromatic nitrogens is 4. The molecule has 0 aliphatic rings. The Morgan fingerprint density at radius 2 is 1.41 bits per heavy atom. The zero-order valence-corrected chi connectivity index (χ0v) is 12.4. The molecule has 0 saturated carbocycles. The molecule has 0 atom stereocenters. The summed E-state index contributed by atoms with van der Waals surface area (Å²) in [6.45, 7) is 0. The van der Waals surface area contributed by atoms with Gasteiger partial charge in [-0.05, 0) is 24.3 Å². The number of para-hydroxylation sites is 4. The van der Waals surface area contributed by atoms with Crippen LogP contribution in [0.15, 0.2) is 53.5 Å². The summed E-state index contributed by atoms with van der Waals surface area (Å²) in [6, 6.07) is 16.1. The van der Waals surface area contributed by atoms with Gasteiger partial charge in [0.15, 0.2) is 5.82 Å². The van der Waals surface area contributed by atoms with Crippen molar-refractivity contribution in [3.63, 3.8) is 0 Å². The molecule has 0 radical (unpaired) electrons. The van der Waals surface area contributed by atoms with Crippen molar-refractivity contribution in [2.24, 2.45) is 19.1 Å². The van der Waals surface area contributed by atoms with Crippen LogP contribution in [0.2, 0.25) is 0 Å². The van der Waals surface area contributed by atoms with Gasteiger partial charge in [0.25, 0.3) is 0 Å². The molecule has 2 aromatic heterocycles. The molecule has 0 aliphatic carbocycles. The number of nitrogens with zero attached hydrogens (tertiary/aromatic N) is 5. The third kappa shape index (κ3) is 1.90. The number of aliphatic imine (C=N–C) groups is 1. The molecule has 4 rings (SSSR count).